The highest BCUT2D eigenvalue weighted by Gasteiger charge is 2.37. The van der Waals surface area contributed by atoms with Crippen molar-refractivity contribution < 1.29 is 54.2 Å². The third kappa shape index (κ3) is 10.3. The molecule has 0 bridgehead atoms. The van der Waals surface area contributed by atoms with Gasteiger partial charge in [0.2, 0.25) is 0 Å². The second-order valence-corrected chi connectivity index (χ2v) is 12.5. The summed E-state index contributed by atoms with van der Waals surface area (Å²) < 4.78 is 127. The molecule has 1 aliphatic rings. The molecule has 1 fully saturated rings. The van der Waals surface area contributed by atoms with E-state index in [4.69, 9.17) is 0 Å². The van der Waals surface area contributed by atoms with Crippen molar-refractivity contribution in [2.45, 2.75) is 71.3 Å². The number of halogens is 9. The van der Waals surface area contributed by atoms with Gasteiger partial charge in [-0.15, -0.1) is 13.2 Å². The second-order valence-electron chi connectivity index (χ2n) is 12.5. The Morgan fingerprint density at radius 1 is 0.820 bits per heavy atom. The lowest BCUT2D eigenvalue weighted by molar-refractivity contribution is -0.274. The number of benzene rings is 3. The molecule has 5 nitrogen and oxygen atoms in total. The lowest BCUT2D eigenvalue weighted by Gasteiger charge is -2.34. The van der Waals surface area contributed by atoms with E-state index in [-0.39, 0.29) is 29.7 Å². The number of hydrogen-bond acceptors (Lipinski definition) is 4. The van der Waals surface area contributed by atoms with Crippen LogP contribution in [0.15, 0.2) is 67.2 Å². The van der Waals surface area contributed by atoms with E-state index >= 15 is 0 Å². The SMILES string of the molecule is C=C(C)c1ccc(N(Cc2cc(C(F)(F)F)cc(C(F)(F)F)c2)Cc2cc(OC(F)(F)F)ccc2N(CC)C[C@H]2CC[C@H](C(=O)O)CC2)cc1. The Hall–Kier alpha value is -4.36. The van der Waals surface area contributed by atoms with Crippen molar-refractivity contribution in [3.63, 3.8) is 0 Å². The number of aliphatic carboxylic acids is 1. The molecule has 0 radical (unpaired) electrons. The minimum Gasteiger partial charge on any atom is -0.481 e. The van der Waals surface area contributed by atoms with Gasteiger partial charge in [-0.3, -0.25) is 4.79 Å². The van der Waals surface area contributed by atoms with E-state index in [0.717, 1.165) is 17.7 Å². The highest BCUT2D eigenvalue weighted by Crippen LogP contribution is 2.38. The fraction of sp³-hybridized carbons (Fsp3) is 0.417. The van der Waals surface area contributed by atoms with Gasteiger partial charge in [-0.25, -0.2) is 0 Å². The average molecular weight is 717 g/mol. The highest BCUT2D eigenvalue weighted by molar-refractivity contribution is 5.70. The summed E-state index contributed by atoms with van der Waals surface area (Å²) in [6.45, 7) is 7.62. The van der Waals surface area contributed by atoms with Crippen molar-refractivity contribution in [2.24, 2.45) is 11.8 Å². The number of allylic oxidation sites excluding steroid dienone is 1. The third-order valence-corrected chi connectivity index (χ3v) is 8.79. The smallest absolute Gasteiger partial charge is 0.481 e. The quantitative estimate of drug-likeness (QED) is 0.189. The van der Waals surface area contributed by atoms with E-state index < -0.39 is 54.0 Å². The van der Waals surface area contributed by atoms with Crippen LogP contribution in [0.25, 0.3) is 5.57 Å². The van der Waals surface area contributed by atoms with E-state index in [2.05, 4.69) is 11.3 Å². The molecule has 0 amide bonds. The Morgan fingerprint density at radius 3 is 1.88 bits per heavy atom. The Kier molecular flexibility index (Phi) is 11.7. The number of carbonyl (C=O) groups is 1. The number of carboxylic acids is 1. The maximum atomic E-state index is 13.7. The van der Waals surface area contributed by atoms with Gasteiger partial charge < -0.3 is 19.6 Å². The fourth-order valence-electron chi connectivity index (χ4n) is 6.23. The number of carboxylic acid groups (broad SMARTS) is 1. The van der Waals surface area contributed by atoms with Gasteiger partial charge in [-0.1, -0.05) is 24.3 Å². The van der Waals surface area contributed by atoms with Crippen molar-refractivity contribution in [1.29, 1.82) is 0 Å². The monoisotopic (exact) mass is 716 g/mol. The van der Waals surface area contributed by atoms with E-state index in [9.17, 15) is 49.4 Å². The van der Waals surface area contributed by atoms with Crippen LogP contribution in [0.5, 0.6) is 5.75 Å². The first-order chi connectivity index (χ1) is 23.2. The molecule has 0 spiro atoms. The summed E-state index contributed by atoms with van der Waals surface area (Å²) in [5.41, 5.74) is -0.723. The first-order valence-corrected chi connectivity index (χ1v) is 15.9. The zero-order valence-corrected chi connectivity index (χ0v) is 27.4. The molecule has 0 saturated heterocycles. The van der Waals surface area contributed by atoms with Crippen LogP contribution in [-0.2, 0) is 30.2 Å². The molecule has 0 aromatic heterocycles. The number of ether oxygens (including phenoxy) is 1. The van der Waals surface area contributed by atoms with Gasteiger partial charge in [0.1, 0.15) is 5.75 Å². The molecular weight excluding hydrogens is 679 g/mol. The van der Waals surface area contributed by atoms with Gasteiger partial charge in [-0.2, -0.15) is 26.3 Å². The number of anilines is 2. The summed E-state index contributed by atoms with van der Waals surface area (Å²) in [4.78, 5) is 14.9. The van der Waals surface area contributed by atoms with Crippen LogP contribution in [-0.4, -0.2) is 30.5 Å². The summed E-state index contributed by atoms with van der Waals surface area (Å²) in [5.74, 6) is -1.78. The van der Waals surface area contributed by atoms with Crippen molar-refractivity contribution in [3.05, 3.63) is 95.1 Å². The Morgan fingerprint density at radius 2 is 1.40 bits per heavy atom. The van der Waals surface area contributed by atoms with Crippen molar-refractivity contribution >= 4 is 22.9 Å². The largest absolute Gasteiger partial charge is 0.573 e. The predicted molar refractivity (Wildman–Crippen MR) is 172 cm³/mol. The molecule has 3 aromatic rings. The van der Waals surface area contributed by atoms with Crippen LogP contribution in [0.1, 0.15) is 67.3 Å². The van der Waals surface area contributed by atoms with E-state index in [0.29, 0.717) is 67.9 Å². The zero-order valence-electron chi connectivity index (χ0n) is 27.4. The van der Waals surface area contributed by atoms with Crippen LogP contribution in [0.4, 0.5) is 50.9 Å². The summed E-state index contributed by atoms with van der Waals surface area (Å²) >= 11 is 0. The van der Waals surface area contributed by atoms with Crippen LogP contribution < -0.4 is 14.5 Å². The van der Waals surface area contributed by atoms with E-state index in [1.54, 1.807) is 31.2 Å². The molecule has 0 atom stereocenters. The van der Waals surface area contributed by atoms with Crippen molar-refractivity contribution in [3.8, 4) is 5.75 Å². The molecule has 0 heterocycles. The lowest BCUT2D eigenvalue weighted by Crippen LogP contribution is -2.34. The molecule has 1 aliphatic carbocycles. The molecule has 0 unspecified atom stereocenters. The number of hydrogen-bond donors (Lipinski definition) is 1. The first kappa shape index (κ1) is 38.4. The van der Waals surface area contributed by atoms with Crippen LogP contribution in [0, 0.1) is 11.8 Å². The molecule has 50 heavy (non-hydrogen) atoms. The van der Waals surface area contributed by atoms with Crippen LogP contribution >= 0.6 is 0 Å². The fourth-order valence-corrected chi connectivity index (χ4v) is 6.23. The minimum atomic E-state index is -5.08. The molecule has 3 aromatic carbocycles. The Balaban J connectivity index is 1.79. The maximum Gasteiger partial charge on any atom is 0.573 e. The Labute approximate surface area is 283 Å². The molecule has 4 rings (SSSR count). The van der Waals surface area contributed by atoms with Crippen LogP contribution in [0.3, 0.4) is 0 Å². The maximum absolute atomic E-state index is 13.7. The molecule has 14 heteroatoms. The van der Waals surface area contributed by atoms with Gasteiger partial charge in [0.05, 0.1) is 17.0 Å². The van der Waals surface area contributed by atoms with Gasteiger partial charge in [0, 0.05) is 37.6 Å². The highest BCUT2D eigenvalue weighted by atomic mass is 19.4. The number of rotatable bonds is 12. The zero-order chi connectivity index (χ0) is 37.0. The summed E-state index contributed by atoms with van der Waals surface area (Å²) in [5, 5.41) is 9.39. The minimum absolute atomic E-state index is 0.0363. The van der Waals surface area contributed by atoms with Gasteiger partial charge >= 0.3 is 24.7 Å². The van der Waals surface area contributed by atoms with Crippen molar-refractivity contribution in [2.75, 3.05) is 22.9 Å². The summed E-state index contributed by atoms with van der Waals surface area (Å²) in [6.07, 6.45) is -13.0. The third-order valence-electron chi connectivity index (χ3n) is 8.79. The van der Waals surface area contributed by atoms with Gasteiger partial charge in [0.25, 0.3) is 0 Å². The van der Waals surface area contributed by atoms with E-state index in [1.165, 1.54) is 11.0 Å². The molecular formula is C36H37F9N2O3. The lowest BCUT2D eigenvalue weighted by atomic mass is 9.81. The molecule has 272 valence electrons. The second kappa shape index (κ2) is 15.3. The number of alkyl halides is 9. The van der Waals surface area contributed by atoms with E-state index in [1.807, 2.05) is 11.8 Å². The first-order valence-electron chi connectivity index (χ1n) is 15.9. The Bertz CT molecular complexity index is 1610. The number of nitrogens with zero attached hydrogens (tertiary/aromatic N) is 2. The molecule has 0 aliphatic heterocycles. The molecule has 1 saturated carbocycles. The summed E-state index contributed by atoms with van der Waals surface area (Å²) in [7, 11) is 0. The van der Waals surface area contributed by atoms with Crippen LogP contribution in [0.2, 0.25) is 0 Å². The predicted octanol–water partition coefficient (Wildman–Crippen LogP) is 10.6. The topological polar surface area (TPSA) is 53.0 Å². The standard InChI is InChI=1S/C36H37F9N2O3/c1-4-46(19-23-5-7-26(8-6-23)33(48)49)32-14-13-31(50-36(43,44)45)17-27(32)21-47(30-11-9-25(10-12-30)22(2)3)20-24-15-28(34(37,38)39)18-29(16-24)35(40,41)42/h9-18,23,26H,2,4-8,19-21H2,1,3H3,(H,48,49)/t23-,26-. The summed E-state index contributed by atoms with van der Waals surface area (Å²) in [6, 6.07) is 11.6. The molecule has 1 N–H and O–H groups in total. The van der Waals surface area contributed by atoms with Gasteiger partial charge in [-0.05, 0) is 111 Å². The van der Waals surface area contributed by atoms with Crippen molar-refractivity contribution in [1.82, 2.24) is 0 Å². The average Bonchev–Trinajstić information content (AvgIpc) is 3.02. The normalized spacial score (nSPS) is 16.9. The van der Waals surface area contributed by atoms with Gasteiger partial charge in [0.15, 0.2) is 0 Å².